The molecule has 0 aliphatic carbocycles. The topological polar surface area (TPSA) is 60.9 Å². The van der Waals surface area contributed by atoms with Gasteiger partial charge in [0.2, 0.25) is 0 Å². The minimum absolute atomic E-state index is 0.0256. The average Bonchev–Trinajstić information content (AvgIpc) is 2.23. The van der Waals surface area contributed by atoms with Gasteiger partial charge in [0.25, 0.3) is 0 Å². The number of rotatable bonds is 6. The number of urea groups is 1. The fraction of sp³-hybridized carbons (Fsp3) is 0.818. The Morgan fingerprint density at radius 1 is 1.21 bits per heavy atom. The Balaban J connectivity index is 4.49. The first kappa shape index (κ1) is 17.5. The molecule has 5 nitrogen and oxygen atoms in total. The lowest BCUT2D eigenvalue weighted by Crippen LogP contribution is -2.46. The lowest BCUT2D eigenvalue weighted by Gasteiger charge is -2.31. The van der Waals surface area contributed by atoms with E-state index in [2.05, 4.69) is 0 Å². The van der Waals surface area contributed by atoms with Crippen LogP contribution >= 0.6 is 0 Å². The van der Waals surface area contributed by atoms with Gasteiger partial charge in [-0.15, -0.1) is 0 Å². The van der Waals surface area contributed by atoms with Crippen LogP contribution in [0.3, 0.4) is 0 Å². The van der Waals surface area contributed by atoms with Gasteiger partial charge in [-0.3, -0.25) is 4.79 Å². The molecule has 1 N–H and O–H groups in total. The molecular weight excluding hydrogens is 265 g/mol. The van der Waals surface area contributed by atoms with E-state index in [0.717, 1.165) is 4.90 Å². The number of halogens is 3. The number of nitrogens with zero attached hydrogens (tertiary/aromatic N) is 2. The first-order valence-electron chi connectivity index (χ1n) is 5.85. The maximum atomic E-state index is 12.1. The minimum atomic E-state index is -4.32. The second-order valence-corrected chi connectivity index (χ2v) is 4.50. The maximum absolute atomic E-state index is 12.1. The van der Waals surface area contributed by atoms with E-state index in [-0.39, 0.29) is 19.0 Å². The highest BCUT2D eigenvalue weighted by Gasteiger charge is 2.29. The first-order valence-corrected chi connectivity index (χ1v) is 5.85. The molecule has 0 aliphatic rings. The third-order valence-electron chi connectivity index (χ3n) is 2.49. The van der Waals surface area contributed by atoms with Crippen molar-refractivity contribution in [2.45, 2.75) is 38.9 Å². The summed E-state index contributed by atoms with van der Waals surface area (Å²) in [6.45, 7) is 2.88. The molecule has 0 aliphatic heterocycles. The van der Waals surface area contributed by atoms with Crippen molar-refractivity contribution in [2.75, 3.05) is 20.1 Å². The Morgan fingerprint density at radius 2 is 1.74 bits per heavy atom. The van der Waals surface area contributed by atoms with Crippen molar-refractivity contribution in [2.24, 2.45) is 0 Å². The van der Waals surface area contributed by atoms with E-state index in [1.807, 2.05) is 0 Å². The van der Waals surface area contributed by atoms with Gasteiger partial charge >= 0.3 is 18.2 Å². The normalized spacial score (nSPS) is 11.5. The third kappa shape index (κ3) is 7.53. The summed E-state index contributed by atoms with van der Waals surface area (Å²) in [5.41, 5.74) is 0. The fourth-order valence-electron chi connectivity index (χ4n) is 1.40. The van der Waals surface area contributed by atoms with Gasteiger partial charge in [0.15, 0.2) is 0 Å². The van der Waals surface area contributed by atoms with Crippen LogP contribution in [0.15, 0.2) is 0 Å². The highest BCUT2D eigenvalue weighted by molar-refractivity contribution is 5.75. The van der Waals surface area contributed by atoms with Crippen molar-refractivity contribution in [3.63, 3.8) is 0 Å². The van der Waals surface area contributed by atoms with Gasteiger partial charge in [-0.2, -0.15) is 13.2 Å². The second-order valence-electron chi connectivity index (χ2n) is 4.50. The summed E-state index contributed by atoms with van der Waals surface area (Å²) in [5.74, 6) is -1.06. The van der Waals surface area contributed by atoms with Gasteiger partial charge in [0, 0.05) is 26.2 Å². The van der Waals surface area contributed by atoms with Gasteiger partial charge in [0.1, 0.15) is 0 Å². The predicted molar refractivity (Wildman–Crippen MR) is 62.8 cm³/mol. The predicted octanol–water partition coefficient (Wildman–Crippen LogP) is 2.18. The molecule has 112 valence electrons. The lowest BCUT2D eigenvalue weighted by atomic mass is 10.3. The van der Waals surface area contributed by atoms with E-state index in [9.17, 15) is 22.8 Å². The van der Waals surface area contributed by atoms with Gasteiger partial charge < -0.3 is 14.9 Å². The van der Waals surface area contributed by atoms with E-state index in [1.54, 1.807) is 13.8 Å². The molecule has 0 saturated heterocycles. The summed E-state index contributed by atoms with van der Waals surface area (Å²) >= 11 is 0. The van der Waals surface area contributed by atoms with E-state index >= 15 is 0 Å². The van der Waals surface area contributed by atoms with Crippen LogP contribution in [0.5, 0.6) is 0 Å². The van der Waals surface area contributed by atoms with Gasteiger partial charge in [-0.1, -0.05) is 0 Å². The lowest BCUT2D eigenvalue weighted by molar-refractivity contribution is -0.137. The number of hydrogen-bond donors (Lipinski definition) is 1. The number of alkyl halides is 3. The molecule has 19 heavy (non-hydrogen) atoms. The summed E-state index contributed by atoms with van der Waals surface area (Å²) < 4.78 is 36.2. The van der Waals surface area contributed by atoms with Crippen LogP contribution < -0.4 is 0 Å². The number of carbonyl (C=O) groups is 2. The highest BCUT2D eigenvalue weighted by Crippen LogP contribution is 2.19. The average molecular weight is 284 g/mol. The number of amides is 2. The van der Waals surface area contributed by atoms with Crippen molar-refractivity contribution in [3.8, 4) is 0 Å². The van der Waals surface area contributed by atoms with Crippen LogP contribution in [-0.2, 0) is 4.79 Å². The fourth-order valence-corrected chi connectivity index (χ4v) is 1.40. The van der Waals surface area contributed by atoms with Crippen LogP contribution in [0.25, 0.3) is 0 Å². The second kappa shape index (κ2) is 7.20. The molecule has 0 aromatic heterocycles. The molecule has 0 bridgehead atoms. The number of carboxylic acid groups (broad SMARTS) is 1. The van der Waals surface area contributed by atoms with Crippen LogP contribution in [0.4, 0.5) is 18.0 Å². The zero-order valence-corrected chi connectivity index (χ0v) is 11.2. The standard InChI is InChI=1S/C11H19F3N2O3/c1-8(2)16(6-4-9(17)18)10(19)15(3)7-5-11(12,13)14/h8H,4-7H2,1-3H3,(H,17,18). The molecule has 0 aromatic carbocycles. The molecule has 0 aromatic rings. The number of hydrogen-bond acceptors (Lipinski definition) is 2. The van der Waals surface area contributed by atoms with E-state index in [4.69, 9.17) is 5.11 Å². The van der Waals surface area contributed by atoms with Crippen molar-refractivity contribution >= 4 is 12.0 Å². The molecule has 0 radical (unpaired) electrons. The zero-order chi connectivity index (χ0) is 15.2. The van der Waals surface area contributed by atoms with E-state index < -0.39 is 31.1 Å². The van der Waals surface area contributed by atoms with Crippen LogP contribution in [0.1, 0.15) is 26.7 Å². The molecule has 0 unspecified atom stereocenters. The van der Waals surface area contributed by atoms with Crippen molar-refractivity contribution in [1.82, 2.24) is 9.80 Å². The number of carbonyl (C=O) groups excluding carboxylic acids is 1. The molecule has 0 heterocycles. The Hall–Kier alpha value is -1.47. The van der Waals surface area contributed by atoms with Gasteiger partial charge in [0.05, 0.1) is 12.8 Å². The van der Waals surface area contributed by atoms with Crippen molar-refractivity contribution < 1.29 is 27.9 Å². The molecule has 0 atom stereocenters. The van der Waals surface area contributed by atoms with Crippen molar-refractivity contribution in [3.05, 3.63) is 0 Å². The molecule has 0 rings (SSSR count). The minimum Gasteiger partial charge on any atom is -0.481 e. The third-order valence-corrected chi connectivity index (χ3v) is 2.49. The first-order chi connectivity index (χ1) is 8.54. The van der Waals surface area contributed by atoms with Gasteiger partial charge in [-0.25, -0.2) is 4.79 Å². The van der Waals surface area contributed by atoms with E-state index in [0.29, 0.717) is 0 Å². The zero-order valence-electron chi connectivity index (χ0n) is 11.2. The SMILES string of the molecule is CC(C)N(CCC(=O)O)C(=O)N(C)CCC(F)(F)F. The van der Waals surface area contributed by atoms with Crippen LogP contribution in [-0.4, -0.2) is 59.3 Å². The summed E-state index contributed by atoms with van der Waals surface area (Å²) in [4.78, 5) is 24.6. The quantitative estimate of drug-likeness (QED) is 0.813. The summed E-state index contributed by atoms with van der Waals surface area (Å²) in [5, 5.41) is 8.57. The molecule has 8 heteroatoms. The molecule has 0 spiro atoms. The molecule has 0 saturated carbocycles. The highest BCUT2D eigenvalue weighted by atomic mass is 19.4. The smallest absolute Gasteiger partial charge is 0.390 e. The van der Waals surface area contributed by atoms with E-state index in [1.165, 1.54) is 11.9 Å². The Kier molecular flexibility index (Phi) is 6.64. The van der Waals surface area contributed by atoms with Gasteiger partial charge in [-0.05, 0) is 13.8 Å². The molecular formula is C11H19F3N2O3. The van der Waals surface area contributed by atoms with Crippen LogP contribution in [0.2, 0.25) is 0 Å². The monoisotopic (exact) mass is 284 g/mol. The Morgan fingerprint density at radius 3 is 2.11 bits per heavy atom. The summed E-state index contributed by atoms with van der Waals surface area (Å²) in [7, 11) is 1.27. The number of aliphatic carboxylic acids is 1. The Bertz CT molecular complexity index is 319. The van der Waals surface area contributed by atoms with Crippen molar-refractivity contribution in [1.29, 1.82) is 0 Å². The number of carboxylic acids is 1. The molecule has 0 fully saturated rings. The summed E-state index contributed by atoms with van der Waals surface area (Å²) in [6, 6.07) is -0.874. The molecule has 2 amide bonds. The Labute approximate surface area is 110 Å². The summed E-state index contributed by atoms with van der Waals surface area (Å²) in [6.07, 6.45) is -5.64. The van der Waals surface area contributed by atoms with Crippen LogP contribution in [0, 0.1) is 0 Å². The largest absolute Gasteiger partial charge is 0.481 e. The maximum Gasteiger partial charge on any atom is 0.390 e.